The summed E-state index contributed by atoms with van der Waals surface area (Å²) in [5.41, 5.74) is 0. The van der Waals surface area contributed by atoms with Crippen molar-refractivity contribution in [2.75, 3.05) is 0 Å². The topological polar surface area (TPSA) is 65.0 Å². The van der Waals surface area contributed by atoms with Crippen LogP contribution in [0.2, 0.25) is 0 Å². The Balaban J connectivity index is 1.74. The van der Waals surface area contributed by atoms with Crippen LogP contribution < -0.4 is 0 Å². The molecule has 2 saturated heterocycles. The van der Waals surface area contributed by atoms with Gasteiger partial charge in [0.05, 0.1) is 36.9 Å². The number of carbonyl (C=O) groups is 1. The number of aliphatic hydroxyl groups excluding tert-OH is 1. The fourth-order valence-electron chi connectivity index (χ4n) is 5.34. The van der Waals surface area contributed by atoms with Crippen molar-refractivity contribution in [1.82, 2.24) is 0 Å². The second-order valence-corrected chi connectivity index (χ2v) is 10.6. The lowest BCUT2D eigenvalue weighted by molar-refractivity contribution is -0.161. The third-order valence-corrected chi connectivity index (χ3v) is 7.25. The minimum absolute atomic E-state index is 0.0604. The van der Waals surface area contributed by atoms with Gasteiger partial charge in [-0.3, -0.25) is 4.79 Å². The van der Waals surface area contributed by atoms with Crippen LogP contribution >= 0.6 is 0 Å². The van der Waals surface area contributed by atoms with Crippen molar-refractivity contribution in [2.24, 2.45) is 11.8 Å². The molecule has 5 nitrogen and oxygen atoms in total. The molecule has 3 unspecified atom stereocenters. The van der Waals surface area contributed by atoms with Crippen molar-refractivity contribution in [1.29, 1.82) is 0 Å². The molecule has 3 aliphatic rings. The average Bonchev–Trinajstić information content (AvgIpc) is 2.78. The molecule has 0 amide bonds. The smallest absolute Gasteiger partial charge is 0.309 e. The summed E-state index contributed by atoms with van der Waals surface area (Å²) in [6, 6.07) is 0. The Morgan fingerprint density at radius 3 is 2.50 bits per heavy atom. The number of hydrogen-bond donors (Lipinski definition) is 1. The highest BCUT2D eigenvalue weighted by molar-refractivity contribution is 5.70. The summed E-state index contributed by atoms with van der Waals surface area (Å²) in [6.45, 7) is 6.52. The first-order chi connectivity index (χ1) is 16.4. The molecule has 34 heavy (non-hydrogen) atoms. The molecule has 0 radical (unpaired) electrons. The number of carbonyl (C=O) groups excluding carboxylic acids is 1. The molecule has 5 heteroatoms. The van der Waals surface area contributed by atoms with Gasteiger partial charge in [0, 0.05) is 12.3 Å². The molecule has 3 heterocycles. The van der Waals surface area contributed by atoms with Gasteiger partial charge < -0.3 is 19.3 Å². The second-order valence-electron chi connectivity index (χ2n) is 10.6. The van der Waals surface area contributed by atoms with E-state index in [9.17, 15) is 9.90 Å². The standard InChI is InChI=1S/C29H46O5/c1-4-5-6-7-8-9-13-28-22(3)15-14-21(2)16-24-11-10-12-25(32-24)19-26-17-23(30)18-27(33-26)20-29(31)34-28/h7-9,13-15,21-28,30H,4-6,10-12,16-20H2,1-3H3/t21-,22-,23+,24+,25?,26+,27?,28?/m0/s1. The minimum atomic E-state index is -0.444. The zero-order chi connectivity index (χ0) is 24.3. The molecule has 192 valence electrons. The maximum Gasteiger partial charge on any atom is 0.309 e. The largest absolute Gasteiger partial charge is 0.457 e. The fourth-order valence-corrected chi connectivity index (χ4v) is 5.34. The van der Waals surface area contributed by atoms with Crippen molar-refractivity contribution in [3.05, 3.63) is 36.5 Å². The third kappa shape index (κ3) is 9.31. The van der Waals surface area contributed by atoms with Crippen LogP contribution in [-0.2, 0) is 19.0 Å². The van der Waals surface area contributed by atoms with E-state index < -0.39 is 6.10 Å². The molecule has 8 atom stereocenters. The molecule has 0 saturated carbocycles. The van der Waals surface area contributed by atoms with E-state index in [2.05, 4.69) is 39.0 Å². The van der Waals surface area contributed by atoms with Crippen LogP contribution in [0.5, 0.6) is 0 Å². The van der Waals surface area contributed by atoms with E-state index in [0.29, 0.717) is 18.8 Å². The number of rotatable bonds is 5. The molecule has 3 rings (SSSR count). The first-order valence-corrected chi connectivity index (χ1v) is 13.6. The molecule has 0 aromatic heterocycles. The molecule has 1 N–H and O–H groups in total. The van der Waals surface area contributed by atoms with Gasteiger partial charge in [-0.25, -0.2) is 0 Å². The Hall–Kier alpha value is -1.43. The molecular weight excluding hydrogens is 428 g/mol. The number of hydrogen-bond acceptors (Lipinski definition) is 5. The predicted octanol–water partition coefficient (Wildman–Crippen LogP) is 6.06. The minimum Gasteiger partial charge on any atom is -0.457 e. The van der Waals surface area contributed by atoms with Gasteiger partial charge >= 0.3 is 5.97 Å². The van der Waals surface area contributed by atoms with Gasteiger partial charge in [-0.2, -0.15) is 0 Å². The van der Waals surface area contributed by atoms with Crippen LogP contribution in [0.15, 0.2) is 36.5 Å². The Morgan fingerprint density at radius 1 is 0.971 bits per heavy atom. The maximum absolute atomic E-state index is 12.9. The molecule has 0 aromatic carbocycles. The van der Waals surface area contributed by atoms with Crippen LogP contribution in [-0.4, -0.2) is 47.7 Å². The summed E-state index contributed by atoms with van der Waals surface area (Å²) in [6.07, 6.45) is 21.7. The van der Waals surface area contributed by atoms with Gasteiger partial charge in [0.1, 0.15) is 6.10 Å². The number of aliphatic hydroxyl groups is 1. The first kappa shape index (κ1) is 27.2. The Bertz CT molecular complexity index is 699. The van der Waals surface area contributed by atoms with Crippen LogP contribution in [0.25, 0.3) is 0 Å². The van der Waals surface area contributed by atoms with Gasteiger partial charge in [-0.05, 0) is 56.9 Å². The van der Waals surface area contributed by atoms with E-state index in [1.807, 2.05) is 18.2 Å². The van der Waals surface area contributed by atoms with E-state index in [0.717, 1.165) is 32.1 Å². The number of ether oxygens (including phenoxy) is 3. The SMILES string of the molecule is CCCCC=CC=CC1OC(=O)CC2C[C@H](O)C[C@H](CC3CCC[C@H](C[C@@H](C)C=C[C@@H]1C)O3)O2. The van der Waals surface area contributed by atoms with E-state index in [1.54, 1.807) is 0 Å². The summed E-state index contributed by atoms with van der Waals surface area (Å²) in [5, 5.41) is 10.4. The van der Waals surface area contributed by atoms with Crippen LogP contribution in [0.3, 0.4) is 0 Å². The number of cyclic esters (lactones) is 1. The number of allylic oxidation sites excluding steroid dienone is 4. The number of unbranched alkanes of at least 4 members (excludes halogenated alkanes) is 2. The molecule has 0 spiro atoms. The first-order valence-electron chi connectivity index (χ1n) is 13.6. The molecule has 0 aromatic rings. The lowest BCUT2D eigenvalue weighted by Crippen LogP contribution is -2.40. The molecule has 0 aliphatic carbocycles. The maximum atomic E-state index is 12.9. The van der Waals surface area contributed by atoms with E-state index >= 15 is 0 Å². The Morgan fingerprint density at radius 2 is 1.71 bits per heavy atom. The highest BCUT2D eigenvalue weighted by atomic mass is 16.6. The van der Waals surface area contributed by atoms with Crippen LogP contribution in [0, 0.1) is 11.8 Å². The lowest BCUT2D eigenvalue weighted by Gasteiger charge is -2.37. The molecule has 3 aliphatic heterocycles. The molecule has 4 bridgehead atoms. The van der Waals surface area contributed by atoms with Crippen LogP contribution in [0.4, 0.5) is 0 Å². The third-order valence-electron chi connectivity index (χ3n) is 7.25. The van der Waals surface area contributed by atoms with Crippen molar-refractivity contribution >= 4 is 5.97 Å². The number of esters is 1. The van der Waals surface area contributed by atoms with Crippen LogP contribution in [0.1, 0.15) is 91.4 Å². The van der Waals surface area contributed by atoms with Gasteiger partial charge in [0.25, 0.3) is 0 Å². The highest BCUT2D eigenvalue weighted by Gasteiger charge is 2.34. The zero-order valence-corrected chi connectivity index (χ0v) is 21.4. The zero-order valence-electron chi connectivity index (χ0n) is 21.4. The van der Waals surface area contributed by atoms with Gasteiger partial charge in [0.2, 0.25) is 0 Å². The summed E-state index contributed by atoms with van der Waals surface area (Å²) in [7, 11) is 0. The van der Waals surface area contributed by atoms with Crippen molar-refractivity contribution < 1.29 is 24.1 Å². The summed E-state index contributed by atoms with van der Waals surface area (Å²) < 4.78 is 18.6. The lowest BCUT2D eigenvalue weighted by atomic mass is 9.90. The van der Waals surface area contributed by atoms with Crippen molar-refractivity contribution in [3.63, 3.8) is 0 Å². The monoisotopic (exact) mass is 474 g/mol. The van der Waals surface area contributed by atoms with E-state index in [-0.39, 0.29) is 48.8 Å². The van der Waals surface area contributed by atoms with E-state index in [1.165, 1.54) is 19.3 Å². The Kier molecular flexibility index (Phi) is 11.4. The Labute approximate surface area is 206 Å². The summed E-state index contributed by atoms with van der Waals surface area (Å²) in [4.78, 5) is 12.9. The summed E-state index contributed by atoms with van der Waals surface area (Å²) >= 11 is 0. The normalized spacial score (nSPS) is 38.3. The van der Waals surface area contributed by atoms with Gasteiger partial charge in [-0.1, -0.05) is 64.0 Å². The quantitative estimate of drug-likeness (QED) is 0.227. The molecule has 2 fully saturated rings. The average molecular weight is 475 g/mol. The van der Waals surface area contributed by atoms with Crippen molar-refractivity contribution in [2.45, 2.75) is 128 Å². The fraction of sp³-hybridized carbons (Fsp3) is 0.759. The van der Waals surface area contributed by atoms with Gasteiger partial charge in [0.15, 0.2) is 0 Å². The highest BCUT2D eigenvalue weighted by Crippen LogP contribution is 2.31. The van der Waals surface area contributed by atoms with Gasteiger partial charge in [-0.15, -0.1) is 0 Å². The van der Waals surface area contributed by atoms with Crippen molar-refractivity contribution in [3.8, 4) is 0 Å². The number of fused-ring (bicyclic) bond motifs is 4. The molecular formula is C29H46O5. The second kappa shape index (κ2) is 14.2. The predicted molar refractivity (Wildman–Crippen MR) is 135 cm³/mol. The summed E-state index contributed by atoms with van der Waals surface area (Å²) in [5.74, 6) is 0.188. The van der Waals surface area contributed by atoms with E-state index in [4.69, 9.17) is 14.2 Å².